The second-order valence-corrected chi connectivity index (χ2v) is 6.37. The third kappa shape index (κ3) is 4.25. The summed E-state index contributed by atoms with van der Waals surface area (Å²) in [5, 5.41) is 2.90. The SMILES string of the molecule is Cc1ccc(C)c(NC(=O)c2cnc(N(C)Cc3ccccc3)cn2)c1. The van der Waals surface area contributed by atoms with Gasteiger partial charge in [-0.2, -0.15) is 0 Å². The van der Waals surface area contributed by atoms with Crippen molar-refractivity contribution >= 4 is 17.4 Å². The topological polar surface area (TPSA) is 58.1 Å². The Hall–Kier alpha value is -3.21. The van der Waals surface area contributed by atoms with Gasteiger partial charge in [-0.25, -0.2) is 9.97 Å². The second kappa shape index (κ2) is 7.78. The molecule has 0 saturated carbocycles. The van der Waals surface area contributed by atoms with E-state index in [0.29, 0.717) is 5.69 Å². The number of hydrogen-bond acceptors (Lipinski definition) is 4. The summed E-state index contributed by atoms with van der Waals surface area (Å²) in [7, 11) is 1.95. The molecule has 26 heavy (non-hydrogen) atoms. The highest BCUT2D eigenvalue weighted by atomic mass is 16.1. The lowest BCUT2D eigenvalue weighted by atomic mass is 10.1. The van der Waals surface area contributed by atoms with E-state index in [1.54, 1.807) is 6.20 Å². The van der Waals surface area contributed by atoms with Gasteiger partial charge in [-0.3, -0.25) is 4.79 Å². The molecule has 0 aliphatic carbocycles. The number of nitrogens with one attached hydrogen (secondary N) is 1. The fourth-order valence-electron chi connectivity index (χ4n) is 2.63. The van der Waals surface area contributed by atoms with E-state index in [0.717, 1.165) is 29.2 Å². The molecule has 3 aromatic rings. The van der Waals surface area contributed by atoms with Crippen LogP contribution in [0.15, 0.2) is 60.9 Å². The molecule has 0 aliphatic rings. The predicted molar refractivity (Wildman–Crippen MR) is 104 cm³/mol. The minimum atomic E-state index is -0.261. The summed E-state index contributed by atoms with van der Waals surface area (Å²) in [5.74, 6) is 0.459. The van der Waals surface area contributed by atoms with Crippen LogP contribution in [-0.2, 0) is 6.54 Å². The fraction of sp³-hybridized carbons (Fsp3) is 0.190. The number of amides is 1. The van der Waals surface area contributed by atoms with Crippen LogP contribution >= 0.6 is 0 Å². The monoisotopic (exact) mass is 346 g/mol. The number of nitrogens with zero attached hydrogens (tertiary/aromatic N) is 3. The smallest absolute Gasteiger partial charge is 0.275 e. The summed E-state index contributed by atoms with van der Waals surface area (Å²) in [4.78, 5) is 23.1. The van der Waals surface area contributed by atoms with E-state index in [2.05, 4.69) is 27.4 Å². The first-order valence-electron chi connectivity index (χ1n) is 8.48. The van der Waals surface area contributed by atoms with Gasteiger partial charge in [0.15, 0.2) is 0 Å². The number of hydrogen-bond donors (Lipinski definition) is 1. The maximum absolute atomic E-state index is 12.4. The Bertz CT molecular complexity index is 892. The van der Waals surface area contributed by atoms with E-state index in [9.17, 15) is 4.79 Å². The molecule has 0 aliphatic heterocycles. The summed E-state index contributed by atoms with van der Waals surface area (Å²) in [6.45, 7) is 4.68. The Balaban J connectivity index is 1.68. The zero-order valence-electron chi connectivity index (χ0n) is 15.2. The number of aromatic nitrogens is 2. The number of rotatable bonds is 5. The van der Waals surface area contributed by atoms with Gasteiger partial charge in [0.05, 0.1) is 12.4 Å². The number of aryl methyl sites for hydroxylation is 2. The first-order valence-corrected chi connectivity index (χ1v) is 8.48. The Labute approximate surface area is 153 Å². The highest BCUT2D eigenvalue weighted by Crippen LogP contribution is 2.17. The minimum Gasteiger partial charge on any atom is -0.354 e. The van der Waals surface area contributed by atoms with E-state index in [-0.39, 0.29) is 5.91 Å². The fourth-order valence-corrected chi connectivity index (χ4v) is 2.63. The molecule has 0 radical (unpaired) electrons. The predicted octanol–water partition coefficient (Wildman–Crippen LogP) is 3.98. The lowest BCUT2D eigenvalue weighted by molar-refractivity contribution is 0.102. The molecular formula is C21H22N4O. The Kier molecular flexibility index (Phi) is 5.27. The largest absolute Gasteiger partial charge is 0.354 e. The Morgan fingerprint density at radius 3 is 2.50 bits per heavy atom. The van der Waals surface area contributed by atoms with E-state index in [1.807, 2.05) is 62.2 Å². The summed E-state index contributed by atoms with van der Waals surface area (Å²) < 4.78 is 0. The number of benzene rings is 2. The standard InChI is InChI=1S/C21H22N4O/c1-15-9-10-16(2)18(11-15)24-21(26)19-12-23-20(13-22-19)25(3)14-17-7-5-4-6-8-17/h4-13H,14H2,1-3H3,(H,24,26). The number of anilines is 2. The zero-order chi connectivity index (χ0) is 18.5. The number of carbonyl (C=O) groups is 1. The first-order chi connectivity index (χ1) is 12.5. The molecule has 0 bridgehead atoms. The molecule has 132 valence electrons. The van der Waals surface area contributed by atoms with Gasteiger partial charge in [0.25, 0.3) is 5.91 Å². The Morgan fingerprint density at radius 2 is 1.81 bits per heavy atom. The number of carbonyl (C=O) groups excluding carboxylic acids is 1. The van der Waals surface area contributed by atoms with Gasteiger partial charge in [-0.05, 0) is 36.6 Å². The van der Waals surface area contributed by atoms with Crippen LogP contribution in [0.5, 0.6) is 0 Å². The van der Waals surface area contributed by atoms with Crippen LogP contribution in [0.4, 0.5) is 11.5 Å². The van der Waals surface area contributed by atoms with Crippen molar-refractivity contribution in [2.24, 2.45) is 0 Å². The lowest BCUT2D eigenvalue weighted by Crippen LogP contribution is -2.19. The van der Waals surface area contributed by atoms with E-state index >= 15 is 0 Å². The summed E-state index contributed by atoms with van der Waals surface area (Å²) >= 11 is 0. The van der Waals surface area contributed by atoms with Gasteiger partial charge in [0, 0.05) is 19.3 Å². The summed E-state index contributed by atoms with van der Waals surface area (Å²) in [5.41, 5.74) is 4.38. The molecule has 1 aromatic heterocycles. The van der Waals surface area contributed by atoms with E-state index in [4.69, 9.17) is 0 Å². The van der Waals surface area contributed by atoms with Crippen LogP contribution in [0.2, 0.25) is 0 Å². The summed E-state index contributed by atoms with van der Waals surface area (Å²) in [6, 6.07) is 16.1. The average molecular weight is 346 g/mol. The molecule has 3 rings (SSSR count). The van der Waals surface area contributed by atoms with Gasteiger partial charge in [-0.1, -0.05) is 42.5 Å². The highest BCUT2D eigenvalue weighted by Gasteiger charge is 2.11. The first kappa shape index (κ1) is 17.6. The molecule has 1 heterocycles. The van der Waals surface area contributed by atoms with Crippen LogP contribution in [0.25, 0.3) is 0 Å². The van der Waals surface area contributed by atoms with E-state index < -0.39 is 0 Å². The third-order valence-corrected chi connectivity index (χ3v) is 4.17. The van der Waals surface area contributed by atoms with Crippen molar-refractivity contribution in [3.05, 3.63) is 83.3 Å². The van der Waals surface area contributed by atoms with Gasteiger partial charge >= 0.3 is 0 Å². The minimum absolute atomic E-state index is 0.261. The van der Waals surface area contributed by atoms with Crippen molar-refractivity contribution in [2.75, 3.05) is 17.3 Å². The molecule has 0 unspecified atom stereocenters. The van der Waals surface area contributed by atoms with Gasteiger partial charge in [-0.15, -0.1) is 0 Å². The third-order valence-electron chi connectivity index (χ3n) is 4.17. The van der Waals surface area contributed by atoms with Gasteiger partial charge in [0.1, 0.15) is 11.5 Å². The molecule has 0 saturated heterocycles. The maximum Gasteiger partial charge on any atom is 0.275 e. The van der Waals surface area contributed by atoms with Crippen molar-refractivity contribution in [3.8, 4) is 0 Å². The molecule has 1 amide bonds. The molecule has 5 nitrogen and oxygen atoms in total. The zero-order valence-corrected chi connectivity index (χ0v) is 15.2. The van der Waals surface area contributed by atoms with Crippen molar-refractivity contribution in [2.45, 2.75) is 20.4 Å². The molecule has 0 atom stereocenters. The quantitative estimate of drug-likeness (QED) is 0.759. The molecular weight excluding hydrogens is 324 g/mol. The van der Waals surface area contributed by atoms with Gasteiger partial charge in [0.2, 0.25) is 0 Å². The molecule has 5 heteroatoms. The van der Waals surface area contributed by atoms with E-state index in [1.165, 1.54) is 11.8 Å². The van der Waals surface area contributed by atoms with Crippen molar-refractivity contribution < 1.29 is 4.79 Å². The second-order valence-electron chi connectivity index (χ2n) is 6.37. The molecule has 0 fully saturated rings. The van der Waals surface area contributed by atoms with Crippen molar-refractivity contribution in [1.82, 2.24) is 9.97 Å². The average Bonchev–Trinajstić information content (AvgIpc) is 2.65. The van der Waals surface area contributed by atoms with Crippen LogP contribution in [-0.4, -0.2) is 22.9 Å². The summed E-state index contributed by atoms with van der Waals surface area (Å²) in [6.07, 6.45) is 3.14. The van der Waals surface area contributed by atoms with Crippen molar-refractivity contribution in [3.63, 3.8) is 0 Å². The van der Waals surface area contributed by atoms with Crippen LogP contribution in [0.3, 0.4) is 0 Å². The molecule has 1 N–H and O–H groups in total. The van der Waals surface area contributed by atoms with Crippen LogP contribution in [0.1, 0.15) is 27.2 Å². The maximum atomic E-state index is 12.4. The van der Waals surface area contributed by atoms with Crippen molar-refractivity contribution in [1.29, 1.82) is 0 Å². The van der Waals surface area contributed by atoms with Gasteiger partial charge < -0.3 is 10.2 Å². The molecule has 0 spiro atoms. The van der Waals surface area contributed by atoms with Crippen LogP contribution < -0.4 is 10.2 Å². The lowest BCUT2D eigenvalue weighted by Gasteiger charge is -2.18. The van der Waals surface area contributed by atoms with Crippen LogP contribution in [0, 0.1) is 13.8 Å². The normalized spacial score (nSPS) is 10.4. The molecule has 2 aromatic carbocycles. The highest BCUT2D eigenvalue weighted by molar-refractivity contribution is 6.03. The Morgan fingerprint density at radius 1 is 1.04 bits per heavy atom.